The smallest absolute Gasteiger partial charge is 0.126 e. The minimum atomic E-state index is -0.148. The molecule has 1 aromatic rings. The molecule has 1 atom stereocenters. The first kappa shape index (κ1) is 12.4. The molecule has 1 saturated heterocycles. The molecule has 0 unspecified atom stereocenters. The highest BCUT2D eigenvalue weighted by molar-refractivity contribution is 5.85. The molecule has 0 saturated carbocycles. The molecule has 0 bridgehead atoms. The van der Waals surface area contributed by atoms with Gasteiger partial charge in [-0.05, 0) is 24.1 Å². The minimum absolute atomic E-state index is 0. The van der Waals surface area contributed by atoms with Crippen molar-refractivity contribution in [3.63, 3.8) is 0 Å². The Morgan fingerprint density at radius 1 is 1.47 bits per heavy atom. The maximum atomic E-state index is 13.0. The molecule has 2 rings (SSSR count). The highest BCUT2D eigenvalue weighted by atomic mass is 35.5. The Bertz CT molecular complexity index is 326. The molecule has 2 nitrogen and oxygen atoms in total. The molecule has 1 aliphatic heterocycles. The standard InChI is InChI=1S/C11H14FNO.ClH/c1-8-6-9(2-3-10(8)12)11-7-14-5-4-13-11;/h2-3,6,11,13H,4-5,7H2,1H3;1H/t11-;/m1./s1. The van der Waals surface area contributed by atoms with Crippen molar-refractivity contribution in [3.05, 3.63) is 35.1 Å². The second-order valence-electron chi connectivity index (χ2n) is 3.59. The third kappa shape index (κ3) is 2.91. The number of halogens is 2. The van der Waals surface area contributed by atoms with Gasteiger partial charge in [-0.3, -0.25) is 0 Å². The normalized spacial score (nSPS) is 20.8. The number of morpholine rings is 1. The predicted octanol–water partition coefficient (Wildman–Crippen LogP) is 2.22. The van der Waals surface area contributed by atoms with Crippen molar-refractivity contribution in [2.75, 3.05) is 19.8 Å². The second-order valence-corrected chi connectivity index (χ2v) is 3.59. The van der Waals surface area contributed by atoms with Gasteiger partial charge >= 0.3 is 0 Å². The van der Waals surface area contributed by atoms with Crippen molar-refractivity contribution >= 4 is 12.4 Å². The van der Waals surface area contributed by atoms with E-state index in [-0.39, 0.29) is 24.3 Å². The van der Waals surface area contributed by atoms with Crippen LogP contribution in [0.5, 0.6) is 0 Å². The average Bonchev–Trinajstić information content (AvgIpc) is 2.23. The molecule has 1 fully saturated rings. The van der Waals surface area contributed by atoms with Gasteiger partial charge in [0.15, 0.2) is 0 Å². The lowest BCUT2D eigenvalue weighted by Crippen LogP contribution is -2.34. The first-order valence-corrected chi connectivity index (χ1v) is 4.84. The van der Waals surface area contributed by atoms with Crippen LogP contribution < -0.4 is 5.32 Å². The highest BCUT2D eigenvalue weighted by Gasteiger charge is 2.15. The van der Waals surface area contributed by atoms with Gasteiger partial charge in [-0.1, -0.05) is 12.1 Å². The molecule has 0 aliphatic carbocycles. The van der Waals surface area contributed by atoms with Crippen LogP contribution in [0, 0.1) is 12.7 Å². The van der Waals surface area contributed by atoms with E-state index >= 15 is 0 Å². The van der Waals surface area contributed by atoms with E-state index in [9.17, 15) is 4.39 Å². The van der Waals surface area contributed by atoms with Gasteiger partial charge in [0.1, 0.15) is 5.82 Å². The molecule has 1 aliphatic rings. The van der Waals surface area contributed by atoms with Crippen molar-refractivity contribution in [2.24, 2.45) is 0 Å². The summed E-state index contributed by atoms with van der Waals surface area (Å²) in [6, 6.07) is 5.42. The van der Waals surface area contributed by atoms with Crippen molar-refractivity contribution < 1.29 is 9.13 Å². The Kier molecular flexibility index (Phi) is 4.51. The summed E-state index contributed by atoms with van der Waals surface area (Å²) in [5.74, 6) is -0.148. The molecule has 1 N–H and O–H groups in total. The number of rotatable bonds is 1. The number of benzene rings is 1. The van der Waals surface area contributed by atoms with Gasteiger partial charge in [0.25, 0.3) is 0 Å². The monoisotopic (exact) mass is 231 g/mol. The van der Waals surface area contributed by atoms with E-state index < -0.39 is 0 Å². The molecule has 0 radical (unpaired) electrons. The molecule has 4 heteroatoms. The minimum Gasteiger partial charge on any atom is -0.378 e. The lowest BCUT2D eigenvalue weighted by atomic mass is 10.0. The first-order valence-electron chi connectivity index (χ1n) is 4.84. The molecule has 1 heterocycles. The van der Waals surface area contributed by atoms with Crippen molar-refractivity contribution in [2.45, 2.75) is 13.0 Å². The van der Waals surface area contributed by atoms with Crippen molar-refractivity contribution in [1.29, 1.82) is 0 Å². The Hall–Kier alpha value is -0.640. The Labute approximate surface area is 95.2 Å². The van der Waals surface area contributed by atoms with E-state index in [4.69, 9.17) is 4.74 Å². The topological polar surface area (TPSA) is 21.3 Å². The third-order valence-electron chi connectivity index (χ3n) is 2.51. The molecule has 0 spiro atoms. The highest BCUT2D eigenvalue weighted by Crippen LogP contribution is 2.18. The molecule has 0 amide bonds. The summed E-state index contributed by atoms with van der Waals surface area (Å²) >= 11 is 0. The van der Waals surface area contributed by atoms with Crippen LogP contribution in [0.15, 0.2) is 18.2 Å². The third-order valence-corrected chi connectivity index (χ3v) is 2.51. The van der Waals surface area contributed by atoms with E-state index in [0.717, 1.165) is 18.7 Å². The summed E-state index contributed by atoms with van der Waals surface area (Å²) in [7, 11) is 0. The fraction of sp³-hybridized carbons (Fsp3) is 0.455. The zero-order chi connectivity index (χ0) is 9.97. The summed E-state index contributed by atoms with van der Waals surface area (Å²) in [5.41, 5.74) is 1.79. The summed E-state index contributed by atoms with van der Waals surface area (Å²) in [4.78, 5) is 0. The van der Waals surface area contributed by atoms with Crippen LogP contribution in [0.1, 0.15) is 17.2 Å². The molecule has 84 valence electrons. The van der Waals surface area contributed by atoms with Gasteiger partial charge in [0, 0.05) is 6.54 Å². The fourth-order valence-electron chi connectivity index (χ4n) is 1.66. The largest absolute Gasteiger partial charge is 0.378 e. The van der Waals surface area contributed by atoms with E-state index in [2.05, 4.69) is 5.32 Å². The van der Waals surface area contributed by atoms with Crippen LogP contribution in [-0.2, 0) is 4.74 Å². The van der Waals surface area contributed by atoms with Crippen LogP contribution in [0.3, 0.4) is 0 Å². The van der Waals surface area contributed by atoms with Gasteiger partial charge < -0.3 is 10.1 Å². The average molecular weight is 232 g/mol. The predicted molar refractivity (Wildman–Crippen MR) is 59.9 cm³/mol. The van der Waals surface area contributed by atoms with Gasteiger partial charge in [0.2, 0.25) is 0 Å². The van der Waals surface area contributed by atoms with Crippen LogP contribution in [0.2, 0.25) is 0 Å². The van der Waals surface area contributed by atoms with Gasteiger partial charge in [0.05, 0.1) is 19.3 Å². The molecule has 1 aromatic carbocycles. The van der Waals surface area contributed by atoms with Gasteiger partial charge in [-0.15, -0.1) is 12.4 Å². The SMILES string of the molecule is Cc1cc([C@H]2COCCN2)ccc1F.Cl. The number of ether oxygens (including phenoxy) is 1. The van der Waals surface area contributed by atoms with Gasteiger partial charge in [-0.25, -0.2) is 4.39 Å². The summed E-state index contributed by atoms with van der Waals surface area (Å²) in [5, 5.41) is 3.33. The van der Waals surface area contributed by atoms with Gasteiger partial charge in [-0.2, -0.15) is 0 Å². The van der Waals surface area contributed by atoms with Crippen LogP contribution in [-0.4, -0.2) is 19.8 Å². The van der Waals surface area contributed by atoms with Crippen LogP contribution >= 0.6 is 12.4 Å². The van der Waals surface area contributed by atoms with Crippen LogP contribution in [0.4, 0.5) is 4.39 Å². The summed E-state index contributed by atoms with van der Waals surface area (Å²) < 4.78 is 18.4. The number of aryl methyl sites for hydroxylation is 1. The zero-order valence-corrected chi connectivity index (χ0v) is 9.44. The number of nitrogens with one attached hydrogen (secondary N) is 1. The fourth-order valence-corrected chi connectivity index (χ4v) is 1.66. The lowest BCUT2D eigenvalue weighted by Gasteiger charge is -2.24. The Morgan fingerprint density at radius 3 is 2.87 bits per heavy atom. The summed E-state index contributed by atoms with van der Waals surface area (Å²) in [6.45, 7) is 4.07. The van der Waals surface area contributed by atoms with E-state index in [1.54, 1.807) is 6.92 Å². The first-order chi connectivity index (χ1) is 6.77. The Morgan fingerprint density at radius 2 is 2.27 bits per heavy atom. The van der Waals surface area contributed by atoms with E-state index in [1.165, 1.54) is 6.07 Å². The zero-order valence-electron chi connectivity index (χ0n) is 8.63. The van der Waals surface area contributed by atoms with Crippen molar-refractivity contribution in [3.8, 4) is 0 Å². The van der Waals surface area contributed by atoms with E-state index in [0.29, 0.717) is 12.2 Å². The molecule has 15 heavy (non-hydrogen) atoms. The van der Waals surface area contributed by atoms with Crippen LogP contribution in [0.25, 0.3) is 0 Å². The maximum Gasteiger partial charge on any atom is 0.126 e. The van der Waals surface area contributed by atoms with E-state index in [1.807, 2.05) is 12.1 Å². The number of hydrogen-bond acceptors (Lipinski definition) is 2. The lowest BCUT2D eigenvalue weighted by molar-refractivity contribution is 0.0768. The summed E-state index contributed by atoms with van der Waals surface area (Å²) in [6.07, 6.45) is 0. The molecule has 0 aromatic heterocycles. The maximum absolute atomic E-state index is 13.0. The second kappa shape index (κ2) is 5.45. The number of hydrogen-bond donors (Lipinski definition) is 1. The Balaban J connectivity index is 0.00000112. The quantitative estimate of drug-likeness (QED) is 0.800. The van der Waals surface area contributed by atoms with Crippen molar-refractivity contribution in [1.82, 2.24) is 5.32 Å². The molecular weight excluding hydrogens is 217 g/mol. The molecular formula is C11H15ClFNO.